The number of nitrogens with one attached hydrogen (secondary N) is 1. The van der Waals surface area contributed by atoms with Crippen LogP contribution in [0, 0.1) is 12.7 Å². The number of aryl methyl sites for hydroxylation is 1. The van der Waals surface area contributed by atoms with Gasteiger partial charge >= 0.3 is 5.97 Å². The maximum atomic E-state index is 14.1. The van der Waals surface area contributed by atoms with Gasteiger partial charge in [-0.2, -0.15) is 4.31 Å². The Labute approximate surface area is 175 Å². The lowest BCUT2D eigenvalue weighted by Gasteiger charge is -2.18. The molecule has 0 aromatic heterocycles. The minimum atomic E-state index is -3.87. The number of carbonyl (C=O) groups is 2. The third kappa shape index (κ3) is 5.64. The number of benzene rings is 2. The van der Waals surface area contributed by atoms with Crippen LogP contribution in [0.3, 0.4) is 0 Å². The molecule has 2 rings (SSSR count). The fourth-order valence-corrected chi connectivity index (χ4v) is 4.28. The fraction of sp³-hybridized carbons (Fsp3) is 0.333. The van der Waals surface area contributed by atoms with E-state index in [1.54, 1.807) is 13.8 Å². The van der Waals surface area contributed by atoms with Gasteiger partial charge in [-0.25, -0.2) is 17.6 Å². The van der Waals surface area contributed by atoms with Gasteiger partial charge in [-0.1, -0.05) is 38.1 Å². The van der Waals surface area contributed by atoms with E-state index in [2.05, 4.69) is 5.32 Å². The van der Waals surface area contributed by atoms with Crippen LogP contribution in [-0.2, 0) is 26.1 Å². The second kappa shape index (κ2) is 10.3. The Morgan fingerprint density at radius 2 is 1.77 bits per heavy atom. The summed E-state index contributed by atoms with van der Waals surface area (Å²) in [6.07, 6.45) is 0. The standard InChI is InChI=1S/C21H25FN2O5S/c1-4-24(5-2)30(27,28)17-10-11-19(22)18(12-17)21(26)29-14-20(25)23-13-16-9-7-6-8-15(16)3/h6-12H,4-5,13-14H2,1-3H3,(H,23,25). The Hall–Kier alpha value is -2.78. The van der Waals surface area contributed by atoms with Crippen molar-refractivity contribution in [3.63, 3.8) is 0 Å². The number of rotatable bonds is 9. The number of hydrogen-bond donors (Lipinski definition) is 1. The zero-order valence-corrected chi connectivity index (χ0v) is 18.0. The summed E-state index contributed by atoms with van der Waals surface area (Å²) in [5, 5.41) is 2.61. The molecule has 1 N–H and O–H groups in total. The Morgan fingerprint density at radius 1 is 1.10 bits per heavy atom. The largest absolute Gasteiger partial charge is 0.452 e. The number of halogens is 1. The lowest BCUT2D eigenvalue weighted by Crippen LogP contribution is -2.31. The van der Waals surface area contributed by atoms with E-state index in [9.17, 15) is 22.4 Å². The summed E-state index contributed by atoms with van der Waals surface area (Å²) < 4.78 is 45.3. The van der Waals surface area contributed by atoms with E-state index in [-0.39, 0.29) is 24.5 Å². The van der Waals surface area contributed by atoms with Crippen molar-refractivity contribution in [3.05, 3.63) is 65.0 Å². The molecule has 0 radical (unpaired) electrons. The molecule has 162 valence electrons. The molecule has 1 amide bonds. The molecule has 0 fully saturated rings. The van der Waals surface area contributed by atoms with Crippen molar-refractivity contribution in [3.8, 4) is 0 Å². The number of carbonyl (C=O) groups excluding carboxylic acids is 2. The second-order valence-corrected chi connectivity index (χ2v) is 8.45. The smallest absolute Gasteiger partial charge is 0.341 e. The summed E-state index contributed by atoms with van der Waals surface area (Å²) in [4.78, 5) is 24.0. The summed E-state index contributed by atoms with van der Waals surface area (Å²) in [6.45, 7) is 5.37. The molecule has 0 heterocycles. The van der Waals surface area contributed by atoms with Crippen LogP contribution in [0.25, 0.3) is 0 Å². The Kier molecular flexibility index (Phi) is 8.08. The highest BCUT2D eigenvalue weighted by Gasteiger charge is 2.25. The van der Waals surface area contributed by atoms with Gasteiger partial charge in [-0.15, -0.1) is 0 Å². The first-order chi connectivity index (χ1) is 14.2. The third-order valence-electron chi connectivity index (χ3n) is 4.57. The summed E-state index contributed by atoms with van der Waals surface area (Å²) in [6, 6.07) is 10.4. The minimum absolute atomic E-state index is 0.219. The predicted octanol–water partition coefficient (Wildman–Crippen LogP) is 2.64. The van der Waals surface area contributed by atoms with E-state index < -0.39 is 39.9 Å². The van der Waals surface area contributed by atoms with E-state index in [0.717, 1.165) is 29.3 Å². The molecule has 0 bridgehead atoms. The van der Waals surface area contributed by atoms with Crippen LogP contribution in [0.5, 0.6) is 0 Å². The Morgan fingerprint density at radius 3 is 2.40 bits per heavy atom. The van der Waals surface area contributed by atoms with Crippen LogP contribution in [-0.4, -0.2) is 44.3 Å². The molecule has 0 spiro atoms. The molecule has 2 aromatic rings. The molecule has 0 saturated heterocycles. The first-order valence-corrected chi connectivity index (χ1v) is 10.9. The summed E-state index contributed by atoms with van der Waals surface area (Å²) >= 11 is 0. The van der Waals surface area contributed by atoms with Crippen LogP contribution in [0.1, 0.15) is 35.3 Å². The minimum Gasteiger partial charge on any atom is -0.452 e. The predicted molar refractivity (Wildman–Crippen MR) is 110 cm³/mol. The SMILES string of the molecule is CCN(CC)S(=O)(=O)c1ccc(F)c(C(=O)OCC(=O)NCc2ccccc2C)c1. The monoisotopic (exact) mass is 436 g/mol. The van der Waals surface area contributed by atoms with Crippen LogP contribution in [0.15, 0.2) is 47.4 Å². The van der Waals surface area contributed by atoms with Crippen molar-refractivity contribution in [1.29, 1.82) is 0 Å². The van der Waals surface area contributed by atoms with E-state index in [1.807, 2.05) is 31.2 Å². The fourth-order valence-electron chi connectivity index (χ4n) is 2.80. The molecular formula is C21H25FN2O5S. The van der Waals surface area contributed by atoms with Crippen molar-refractivity contribution in [2.75, 3.05) is 19.7 Å². The normalized spacial score (nSPS) is 11.4. The number of sulfonamides is 1. The van der Waals surface area contributed by atoms with Crippen LogP contribution >= 0.6 is 0 Å². The van der Waals surface area contributed by atoms with Gasteiger partial charge in [0.05, 0.1) is 10.5 Å². The summed E-state index contributed by atoms with van der Waals surface area (Å²) in [7, 11) is -3.87. The lowest BCUT2D eigenvalue weighted by atomic mass is 10.1. The average molecular weight is 437 g/mol. The molecule has 9 heteroatoms. The van der Waals surface area contributed by atoms with Gasteiger partial charge < -0.3 is 10.1 Å². The van der Waals surface area contributed by atoms with Crippen molar-refractivity contribution in [1.82, 2.24) is 9.62 Å². The van der Waals surface area contributed by atoms with Crippen LogP contribution < -0.4 is 5.32 Å². The van der Waals surface area contributed by atoms with E-state index in [4.69, 9.17) is 4.74 Å². The molecule has 0 unspecified atom stereocenters. The number of ether oxygens (including phenoxy) is 1. The molecule has 0 aliphatic heterocycles. The molecule has 0 saturated carbocycles. The van der Waals surface area contributed by atoms with Crippen LogP contribution in [0.2, 0.25) is 0 Å². The third-order valence-corrected chi connectivity index (χ3v) is 6.62. The maximum absolute atomic E-state index is 14.1. The summed E-state index contributed by atoms with van der Waals surface area (Å²) in [5.41, 5.74) is 1.37. The molecule has 7 nitrogen and oxygen atoms in total. The molecule has 2 aromatic carbocycles. The Balaban J connectivity index is 2.04. The van der Waals surface area contributed by atoms with Gasteiger partial charge in [0.2, 0.25) is 10.0 Å². The molecule has 0 aliphatic rings. The van der Waals surface area contributed by atoms with Gasteiger partial charge in [-0.3, -0.25) is 4.79 Å². The van der Waals surface area contributed by atoms with Gasteiger partial charge in [-0.05, 0) is 36.2 Å². The van der Waals surface area contributed by atoms with Gasteiger partial charge in [0.1, 0.15) is 5.82 Å². The number of amides is 1. The molecule has 0 atom stereocenters. The van der Waals surface area contributed by atoms with Crippen molar-refractivity contribution in [2.45, 2.75) is 32.2 Å². The number of hydrogen-bond acceptors (Lipinski definition) is 5. The van der Waals surface area contributed by atoms with Crippen molar-refractivity contribution in [2.24, 2.45) is 0 Å². The van der Waals surface area contributed by atoms with Crippen LogP contribution in [0.4, 0.5) is 4.39 Å². The highest BCUT2D eigenvalue weighted by Crippen LogP contribution is 2.20. The zero-order valence-electron chi connectivity index (χ0n) is 17.1. The zero-order chi connectivity index (χ0) is 22.3. The average Bonchev–Trinajstić information content (AvgIpc) is 2.72. The molecule has 0 aliphatic carbocycles. The quantitative estimate of drug-likeness (QED) is 0.610. The first-order valence-electron chi connectivity index (χ1n) is 9.48. The summed E-state index contributed by atoms with van der Waals surface area (Å²) in [5.74, 6) is -2.60. The highest BCUT2D eigenvalue weighted by molar-refractivity contribution is 7.89. The topological polar surface area (TPSA) is 92.8 Å². The highest BCUT2D eigenvalue weighted by atomic mass is 32.2. The second-order valence-electron chi connectivity index (χ2n) is 6.51. The van der Waals surface area contributed by atoms with E-state index >= 15 is 0 Å². The van der Waals surface area contributed by atoms with E-state index in [0.29, 0.717) is 0 Å². The van der Waals surface area contributed by atoms with Crippen molar-refractivity contribution < 1.29 is 27.1 Å². The number of nitrogens with zero attached hydrogens (tertiary/aromatic N) is 1. The van der Waals surface area contributed by atoms with Crippen molar-refractivity contribution >= 4 is 21.9 Å². The van der Waals surface area contributed by atoms with Gasteiger partial charge in [0, 0.05) is 19.6 Å². The van der Waals surface area contributed by atoms with Gasteiger partial charge in [0.15, 0.2) is 6.61 Å². The van der Waals surface area contributed by atoms with Gasteiger partial charge in [0.25, 0.3) is 5.91 Å². The number of esters is 1. The maximum Gasteiger partial charge on any atom is 0.341 e. The molecule has 30 heavy (non-hydrogen) atoms. The molecular weight excluding hydrogens is 411 g/mol. The van der Waals surface area contributed by atoms with E-state index in [1.165, 1.54) is 4.31 Å². The first kappa shape index (κ1) is 23.5. The Bertz CT molecular complexity index is 1020. The lowest BCUT2D eigenvalue weighted by molar-refractivity contribution is -0.124.